The van der Waals surface area contributed by atoms with Crippen LogP contribution in [-0.4, -0.2) is 28.6 Å². The molecule has 70 valence electrons. The first-order valence-electron chi connectivity index (χ1n) is 3.67. The lowest BCUT2D eigenvalue weighted by atomic mass is 10.0. The SMILES string of the molecule is C=CCC(O)(CBr)C(=O)OCC. The van der Waals surface area contributed by atoms with Gasteiger partial charge in [0.25, 0.3) is 0 Å². The zero-order chi connectivity index (χ0) is 9.61. The van der Waals surface area contributed by atoms with Gasteiger partial charge in [0.15, 0.2) is 5.60 Å². The van der Waals surface area contributed by atoms with Crippen molar-refractivity contribution in [1.82, 2.24) is 0 Å². The number of hydrogen-bond acceptors (Lipinski definition) is 3. The molecule has 0 heterocycles. The van der Waals surface area contributed by atoms with Crippen molar-refractivity contribution in [2.45, 2.75) is 18.9 Å². The minimum absolute atomic E-state index is 0.158. The molecule has 1 unspecified atom stereocenters. The van der Waals surface area contributed by atoms with Gasteiger partial charge in [0.05, 0.1) is 6.61 Å². The molecule has 0 aromatic heterocycles. The molecule has 1 N–H and O–H groups in total. The molecule has 0 saturated carbocycles. The molecule has 0 aliphatic carbocycles. The Bertz CT molecular complexity index is 170. The highest BCUT2D eigenvalue weighted by molar-refractivity contribution is 9.09. The summed E-state index contributed by atoms with van der Waals surface area (Å²) in [5.74, 6) is -0.609. The minimum Gasteiger partial charge on any atom is -0.464 e. The van der Waals surface area contributed by atoms with Gasteiger partial charge in [-0.05, 0) is 6.92 Å². The van der Waals surface area contributed by atoms with E-state index in [1.165, 1.54) is 6.08 Å². The summed E-state index contributed by atoms with van der Waals surface area (Å²) in [6.07, 6.45) is 1.68. The van der Waals surface area contributed by atoms with Gasteiger partial charge < -0.3 is 9.84 Å². The number of rotatable bonds is 5. The van der Waals surface area contributed by atoms with Gasteiger partial charge in [0.1, 0.15) is 0 Å². The van der Waals surface area contributed by atoms with Crippen molar-refractivity contribution >= 4 is 21.9 Å². The highest BCUT2D eigenvalue weighted by Gasteiger charge is 2.34. The average Bonchev–Trinajstić information content (AvgIpc) is 2.05. The first kappa shape index (κ1) is 11.6. The Hall–Kier alpha value is -0.350. The summed E-state index contributed by atoms with van der Waals surface area (Å²) in [6.45, 7) is 5.41. The van der Waals surface area contributed by atoms with Crippen molar-refractivity contribution in [2.75, 3.05) is 11.9 Å². The highest BCUT2D eigenvalue weighted by Crippen LogP contribution is 2.16. The molecular weight excluding hydrogens is 224 g/mol. The topological polar surface area (TPSA) is 46.5 Å². The lowest BCUT2D eigenvalue weighted by Gasteiger charge is -2.21. The van der Waals surface area contributed by atoms with E-state index in [0.717, 1.165) is 0 Å². The van der Waals surface area contributed by atoms with Crippen molar-refractivity contribution in [3.05, 3.63) is 12.7 Å². The largest absolute Gasteiger partial charge is 0.464 e. The fraction of sp³-hybridized carbons (Fsp3) is 0.625. The Balaban J connectivity index is 4.28. The summed E-state index contributed by atoms with van der Waals surface area (Å²) in [5.41, 5.74) is -1.46. The quantitative estimate of drug-likeness (QED) is 0.444. The van der Waals surface area contributed by atoms with E-state index >= 15 is 0 Å². The van der Waals surface area contributed by atoms with E-state index in [4.69, 9.17) is 0 Å². The molecule has 0 rings (SSSR count). The second-order valence-electron chi connectivity index (χ2n) is 2.38. The van der Waals surface area contributed by atoms with Crippen LogP contribution in [0.4, 0.5) is 0 Å². The third kappa shape index (κ3) is 2.95. The number of ether oxygens (including phenoxy) is 1. The number of carbonyl (C=O) groups excluding carboxylic acids is 1. The maximum absolute atomic E-state index is 11.1. The summed E-state index contributed by atoms with van der Waals surface area (Å²) in [7, 11) is 0. The Kier molecular flexibility index (Phi) is 5.17. The van der Waals surface area contributed by atoms with Gasteiger partial charge in [0.2, 0.25) is 0 Å². The maximum Gasteiger partial charge on any atom is 0.339 e. The van der Waals surface area contributed by atoms with Crippen LogP contribution in [0.3, 0.4) is 0 Å². The summed E-state index contributed by atoms with van der Waals surface area (Å²) >= 11 is 3.04. The van der Waals surface area contributed by atoms with E-state index in [-0.39, 0.29) is 18.4 Å². The number of alkyl halides is 1. The van der Waals surface area contributed by atoms with Crippen LogP contribution in [0.5, 0.6) is 0 Å². The standard InChI is InChI=1S/C8H13BrO3/c1-3-5-8(11,6-9)7(10)12-4-2/h3,11H,1,4-6H2,2H3. The van der Waals surface area contributed by atoms with Crippen LogP contribution in [0.25, 0.3) is 0 Å². The monoisotopic (exact) mass is 236 g/mol. The van der Waals surface area contributed by atoms with Gasteiger partial charge in [-0.15, -0.1) is 6.58 Å². The van der Waals surface area contributed by atoms with Crippen molar-refractivity contribution in [3.8, 4) is 0 Å². The summed E-state index contributed by atoms with van der Waals surface area (Å²) in [5, 5.41) is 9.78. The van der Waals surface area contributed by atoms with Gasteiger partial charge in [-0.1, -0.05) is 22.0 Å². The molecule has 0 aromatic carbocycles. The number of esters is 1. The van der Waals surface area contributed by atoms with Crippen LogP contribution in [0.2, 0.25) is 0 Å². The third-order valence-corrected chi connectivity index (χ3v) is 2.29. The second-order valence-corrected chi connectivity index (χ2v) is 2.94. The van der Waals surface area contributed by atoms with Gasteiger partial charge >= 0.3 is 5.97 Å². The molecule has 1 atom stereocenters. The van der Waals surface area contributed by atoms with Crippen LogP contribution in [0, 0.1) is 0 Å². The molecule has 0 fully saturated rings. The molecule has 0 aliphatic heterocycles. The van der Waals surface area contributed by atoms with Crippen LogP contribution in [-0.2, 0) is 9.53 Å². The van der Waals surface area contributed by atoms with E-state index < -0.39 is 11.6 Å². The van der Waals surface area contributed by atoms with E-state index in [1.54, 1.807) is 6.92 Å². The highest BCUT2D eigenvalue weighted by atomic mass is 79.9. The number of carbonyl (C=O) groups is 1. The van der Waals surface area contributed by atoms with Crippen molar-refractivity contribution in [1.29, 1.82) is 0 Å². The van der Waals surface area contributed by atoms with Gasteiger partial charge in [-0.2, -0.15) is 0 Å². The van der Waals surface area contributed by atoms with Crippen molar-refractivity contribution < 1.29 is 14.6 Å². The second kappa shape index (κ2) is 5.32. The Labute approximate surface area is 80.5 Å². The van der Waals surface area contributed by atoms with Gasteiger partial charge in [0, 0.05) is 11.8 Å². The first-order valence-corrected chi connectivity index (χ1v) is 4.79. The summed E-state index contributed by atoms with van der Waals surface area (Å²) in [6, 6.07) is 0. The van der Waals surface area contributed by atoms with Crippen LogP contribution >= 0.6 is 15.9 Å². The molecule has 0 spiro atoms. The molecule has 0 radical (unpaired) electrons. The molecule has 3 nitrogen and oxygen atoms in total. The molecular formula is C8H13BrO3. The van der Waals surface area contributed by atoms with E-state index in [1.807, 2.05) is 0 Å². The molecule has 4 heteroatoms. The van der Waals surface area contributed by atoms with Crippen molar-refractivity contribution in [3.63, 3.8) is 0 Å². The number of halogens is 1. The molecule has 0 amide bonds. The zero-order valence-corrected chi connectivity index (χ0v) is 8.63. The number of hydrogen-bond donors (Lipinski definition) is 1. The van der Waals surface area contributed by atoms with E-state index in [9.17, 15) is 9.90 Å². The molecule has 0 aliphatic rings. The predicted molar refractivity (Wildman–Crippen MR) is 50.2 cm³/mol. The third-order valence-electron chi connectivity index (χ3n) is 1.36. The van der Waals surface area contributed by atoms with Crippen molar-refractivity contribution in [2.24, 2.45) is 0 Å². The van der Waals surface area contributed by atoms with Gasteiger partial charge in [-0.25, -0.2) is 4.79 Å². The van der Waals surface area contributed by atoms with Crippen LogP contribution in [0.1, 0.15) is 13.3 Å². The smallest absolute Gasteiger partial charge is 0.339 e. The lowest BCUT2D eigenvalue weighted by Crippen LogP contribution is -2.41. The first-order chi connectivity index (χ1) is 5.60. The van der Waals surface area contributed by atoms with E-state index in [0.29, 0.717) is 0 Å². The average molecular weight is 237 g/mol. The van der Waals surface area contributed by atoms with Crippen LogP contribution < -0.4 is 0 Å². The maximum atomic E-state index is 11.1. The van der Waals surface area contributed by atoms with E-state index in [2.05, 4.69) is 27.2 Å². The molecule has 12 heavy (non-hydrogen) atoms. The zero-order valence-electron chi connectivity index (χ0n) is 7.05. The molecule has 0 bridgehead atoms. The molecule has 0 saturated heterocycles. The summed E-state index contributed by atoms with van der Waals surface area (Å²) < 4.78 is 4.68. The molecule has 0 aromatic rings. The van der Waals surface area contributed by atoms with Gasteiger partial charge in [-0.3, -0.25) is 0 Å². The predicted octanol–water partition coefficient (Wildman–Crippen LogP) is 1.25. The number of aliphatic hydroxyl groups is 1. The Morgan fingerprint density at radius 2 is 2.42 bits per heavy atom. The fourth-order valence-corrected chi connectivity index (χ4v) is 1.15. The Morgan fingerprint density at radius 1 is 1.83 bits per heavy atom. The Morgan fingerprint density at radius 3 is 2.75 bits per heavy atom. The fourth-order valence-electron chi connectivity index (χ4n) is 0.697. The lowest BCUT2D eigenvalue weighted by molar-refractivity contribution is -0.162. The van der Waals surface area contributed by atoms with Crippen LogP contribution in [0.15, 0.2) is 12.7 Å². The normalized spacial score (nSPS) is 14.9. The minimum atomic E-state index is -1.46. The summed E-state index contributed by atoms with van der Waals surface area (Å²) in [4.78, 5) is 11.1.